The number of nitrogens with two attached hydrogens (primary N) is 1. The summed E-state index contributed by atoms with van der Waals surface area (Å²) in [6.07, 6.45) is 8.27. The molecule has 1 saturated carbocycles. The summed E-state index contributed by atoms with van der Waals surface area (Å²) in [5, 5.41) is 7.48. The summed E-state index contributed by atoms with van der Waals surface area (Å²) in [4.78, 5) is 14.8. The third-order valence-electron chi connectivity index (χ3n) is 6.18. The Morgan fingerprint density at radius 3 is 2.53 bits per heavy atom. The second kappa shape index (κ2) is 11.7. The average molecular weight is 454 g/mol. The lowest BCUT2D eigenvalue weighted by Gasteiger charge is -2.22. The van der Waals surface area contributed by atoms with Crippen molar-refractivity contribution in [2.24, 2.45) is 11.7 Å². The van der Waals surface area contributed by atoms with Gasteiger partial charge in [0.1, 0.15) is 5.82 Å². The molecule has 2 heterocycles. The molecule has 1 aliphatic carbocycles. The summed E-state index contributed by atoms with van der Waals surface area (Å²) in [7, 11) is 0. The number of hydrogen-bond donors (Lipinski definition) is 2. The molecule has 4 rings (SSSR count). The molecule has 6 nitrogen and oxygen atoms in total. The summed E-state index contributed by atoms with van der Waals surface area (Å²) < 4.78 is 1.95. The molecule has 1 saturated heterocycles. The van der Waals surface area contributed by atoms with Gasteiger partial charge in [0.05, 0.1) is 12.7 Å². The van der Waals surface area contributed by atoms with Crippen LogP contribution in [0.4, 0.5) is 5.82 Å². The number of carbonyl (C=O) groups excluding carboxylic acids is 1. The molecule has 1 aromatic carbocycles. The lowest BCUT2D eigenvalue weighted by molar-refractivity contribution is -0.117. The minimum absolute atomic E-state index is 0. The van der Waals surface area contributed by atoms with Gasteiger partial charge < -0.3 is 11.1 Å². The number of halogens is 2. The van der Waals surface area contributed by atoms with E-state index in [1.54, 1.807) is 6.20 Å². The van der Waals surface area contributed by atoms with Crippen molar-refractivity contribution < 1.29 is 4.79 Å². The highest BCUT2D eigenvalue weighted by molar-refractivity contribution is 5.91. The Hall–Kier alpha value is -1.60. The van der Waals surface area contributed by atoms with Crippen LogP contribution in [0.15, 0.2) is 42.6 Å². The van der Waals surface area contributed by atoms with Gasteiger partial charge in [-0.15, -0.1) is 24.8 Å². The molecular formula is C22H33Cl2N5O. The fourth-order valence-corrected chi connectivity index (χ4v) is 4.68. The molecule has 2 aromatic rings. The predicted octanol–water partition coefficient (Wildman–Crippen LogP) is 3.67. The standard InChI is InChI=1S/C22H31N5O.2ClH/c23-20-15-26(14-19(20)18-9-5-2-6-10-18)16-22(28)25-21-11-12-24-27(21)13-17-7-3-1-4-8-17;;/h2,5-6,9-12,17,19-20H,1,3-4,7-8,13-16,23H2,(H,25,28);2*1H/t19-,20+;;/m0../s1. The number of anilines is 1. The van der Waals surface area contributed by atoms with E-state index in [4.69, 9.17) is 5.73 Å². The van der Waals surface area contributed by atoms with E-state index < -0.39 is 0 Å². The number of nitrogens with zero attached hydrogens (tertiary/aromatic N) is 3. The van der Waals surface area contributed by atoms with Gasteiger partial charge in [0.15, 0.2) is 0 Å². The van der Waals surface area contributed by atoms with E-state index in [0.717, 1.165) is 25.5 Å². The van der Waals surface area contributed by atoms with E-state index >= 15 is 0 Å². The Morgan fingerprint density at radius 1 is 1.07 bits per heavy atom. The number of hydrogen-bond acceptors (Lipinski definition) is 4. The molecule has 1 aliphatic heterocycles. The number of benzene rings is 1. The van der Waals surface area contributed by atoms with Crippen LogP contribution >= 0.6 is 24.8 Å². The first-order valence-corrected chi connectivity index (χ1v) is 10.5. The fourth-order valence-electron chi connectivity index (χ4n) is 4.68. The monoisotopic (exact) mass is 453 g/mol. The van der Waals surface area contributed by atoms with Crippen molar-refractivity contribution in [1.29, 1.82) is 0 Å². The molecule has 1 amide bonds. The average Bonchev–Trinajstić information content (AvgIpc) is 3.29. The molecule has 30 heavy (non-hydrogen) atoms. The fraction of sp³-hybridized carbons (Fsp3) is 0.545. The van der Waals surface area contributed by atoms with E-state index in [1.165, 1.54) is 37.7 Å². The quantitative estimate of drug-likeness (QED) is 0.699. The topological polar surface area (TPSA) is 76.2 Å². The minimum atomic E-state index is 0. The number of aromatic nitrogens is 2. The summed E-state index contributed by atoms with van der Waals surface area (Å²) in [6, 6.07) is 12.3. The maximum absolute atomic E-state index is 12.6. The number of carbonyl (C=O) groups is 1. The van der Waals surface area contributed by atoms with E-state index in [1.807, 2.05) is 28.9 Å². The molecule has 8 heteroatoms. The van der Waals surface area contributed by atoms with Crippen LogP contribution in [0.1, 0.15) is 43.6 Å². The second-order valence-corrected chi connectivity index (χ2v) is 8.33. The molecule has 0 radical (unpaired) electrons. The Labute approximate surface area is 191 Å². The molecule has 0 bridgehead atoms. The third-order valence-corrected chi connectivity index (χ3v) is 6.18. The first kappa shape index (κ1) is 24.7. The van der Waals surface area contributed by atoms with E-state index in [9.17, 15) is 4.79 Å². The van der Waals surface area contributed by atoms with Crippen LogP contribution in [0.5, 0.6) is 0 Å². The molecular weight excluding hydrogens is 421 g/mol. The molecule has 2 atom stereocenters. The SMILES string of the molecule is Cl.Cl.N[C@@H]1CN(CC(=O)Nc2ccnn2CC2CCCCC2)C[C@H]1c1ccccc1. The highest BCUT2D eigenvalue weighted by Crippen LogP contribution is 2.27. The first-order chi connectivity index (χ1) is 13.7. The zero-order chi connectivity index (χ0) is 19.3. The Balaban J connectivity index is 0.00000160. The van der Waals surface area contributed by atoms with Crippen LogP contribution in [-0.2, 0) is 11.3 Å². The van der Waals surface area contributed by atoms with Crippen LogP contribution in [0.2, 0.25) is 0 Å². The summed E-state index contributed by atoms with van der Waals surface area (Å²) >= 11 is 0. The lowest BCUT2D eigenvalue weighted by Crippen LogP contribution is -2.34. The van der Waals surface area contributed by atoms with Crippen LogP contribution < -0.4 is 11.1 Å². The van der Waals surface area contributed by atoms with Gasteiger partial charge in [-0.2, -0.15) is 5.10 Å². The van der Waals surface area contributed by atoms with Crippen LogP contribution in [0.25, 0.3) is 0 Å². The van der Waals surface area contributed by atoms with Crippen molar-refractivity contribution in [2.45, 2.75) is 50.6 Å². The van der Waals surface area contributed by atoms with Gasteiger partial charge in [0.2, 0.25) is 5.91 Å². The molecule has 166 valence electrons. The van der Waals surface area contributed by atoms with Crippen molar-refractivity contribution in [3.05, 3.63) is 48.2 Å². The zero-order valence-corrected chi connectivity index (χ0v) is 18.9. The zero-order valence-electron chi connectivity index (χ0n) is 17.3. The van der Waals surface area contributed by atoms with Crippen molar-refractivity contribution in [2.75, 3.05) is 25.0 Å². The van der Waals surface area contributed by atoms with Crippen LogP contribution in [0.3, 0.4) is 0 Å². The van der Waals surface area contributed by atoms with E-state index in [-0.39, 0.29) is 42.7 Å². The van der Waals surface area contributed by atoms with Crippen molar-refractivity contribution in [3.8, 4) is 0 Å². The van der Waals surface area contributed by atoms with E-state index in [2.05, 4.69) is 27.4 Å². The molecule has 0 spiro atoms. The number of nitrogens with one attached hydrogen (secondary N) is 1. The predicted molar refractivity (Wildman–Crippen MR) is 126 cm³/mol. The second-order valence-electron chi connectivity index (χ2n) is 8.33. The maximum Gasteiger partial charge on any atom is 0.239 e. The molecule has 2 fully saturated rings. The molecule has 2 aliphatic rings. The first-order valence-electron chi connectivity index (χ1n) is 10.5. The third kappa shape index (κ3) is 6.20. The molecule has 0 unspecified atom stereocenters. The van der Waals surface area contributed by atoms with Gasteiger partial charge in [0.25, 0.3) is 0 Å². The maximum atomic E-state index is 12.6. The summed E-state index contributed by atoms with van der Waals surface area (Å²) in [5.41, 5.74) is 7.61. The van der Waals surface area contributed by atoms with Crippen molar-refractivity contribution >= 4 is 36.5 Å². The van der Waals surface area contributed by atoms with Gasteiger partial charge in [-0.1, -0.05) is 49.6 Å². The van der Waals surface area contributed by atoms with Gasteiger partial charge >= 0.3 is 0 Å². The highest BCUT2D eigenvalue weighted by atomic mass is 35.5. The van der Waals surface area contributed by atoms with Gasteiger partial charge in [-0.05, 0) is 24.3 Å². The van der Waals surface area contributed by atoms with Gasteiger partial charge in [-0.3, -0.25) is 9.69 Å². The normalized spacial score (nSPS) is 22.2. The summed E-state index contributed by atoms with van der Waals surface area (Å²) in [6.45, 7) is 2.83. The molecule has 1 aromatic heterocycles. The lowest BCUT2D eigenvalue weighted by atomic mass is 9.89. The minimum Gasteiger partial charge on any atom is -0.326 e. The van der Waals surface area contributed by atoms with Gasteiger partial charge in [0, 0.05) is 37.7 Å². The largest absolute Gasteiger partial charge is 0.326 e. The van der Waals surface area contributed by atoms with Crippen molar-refractivity contribution in [3.63, 3.8) is 0 Å². The molecule has 3 N–H and O–H groups in total. The van der Waals surface area contributed by atoms with Crippen LogP contribution in [0, 0.1) is 5.92 Å². The highest BCUT2D eigenvalue weighted by Gasteiger charge is 2.32. The van der Waals surface area contributed by atoms with Crippen LogP contribution in [-0.4, -0.2) is 46.3 Å². The van der Waals surface area contributed by atoms with Crippen molar-refractivity contribution in [1.82, 2.24) is 14.7 Å². The Kier molecular flexibility index (Phi) is 9.62. The number of amides is 1. The number of rotatable bonds is 6. The van der Waals surface area contributed by atoms with Gasteiger partial charge in [-0.25, -0.2) is 4.68 Å². The summed E-state index contributed by atoms with van der Waals surface area (Å²) in [5.74, 6) is 1.77. The number of likely N-dealkylation sites (tertiary alicyclic amines) is 1. The smallest absolute Gasteiger partial charge is 0.239 e. The Morgan fingerprint density at radius 2 is 1.80 bits per heavy atom. The Bertz CT molecular complexity index is 779. The van der Waals surface area contributed by atoms with E-state index in [0.29, 0.717) is 12.5 Å².